The van der Waals surface area contributed by atoms with Crippen molar-refractivity contribution in [2.45, 2.75) is 31.9 Å². The molecule has 2 rings (SSSR count). The van der Waals surface area contributed by atoms with Crippen molar-refractivity contribution in [2.24, 2.45) is 0 Å². The number of rotatable bonds is 5. The molecule has 2 unspecified atom stereocenters. The minimum Gasteiger partial charge on any atom is -0.479 e. The predicted octanol–water partition coefficient (Wildman–Crippen LogP) is 3.39. The Morgan fingerprint density at radius 3 is 2.91 bits per heavy atom. The van der Waals surface area contributed by atoms with Crippen molar-refractivity contribution in [1.29, 1.82) is 0 Å². The number of likely N-dealkylation sites (tertiary alicyclic amines) is 1. The number of halogens is 3. The molecule has 0 saturated carbocycles. The number of hydrogen-bond acceptors (Lipinski definition) is 3. The van der Waals surface area contributed by atoms with E-state index in [9.17, 15) is 4.79 Å². The number of hydrogen-bond donors (Lipinski definition) is 1. The van der Waals surface area contributed by atoms with Crippen LogP contribution in [-0.4, -0.2) is 43.1 Å². The van der Waals surface area contributed by atoms with E-state index in [2.05, 4.69) is 5.32 Å². The molecule has 1 saturated heterocycles. The van der Waals surface area contributed by atoms with Gasteiger partial charge in [0.2, 0.25) is 0 Å². The fraction of sp³-hybridized carbons (Fsp3) is 0.533. The highest BCUT2D eigenvalue weighted by Gasteiger charge is 2.32. The number of nitrogens with zero attached hydrogens (tertiary/aromatic N) is 1. The molecule has 1 aliphatic heterocycles. The summed E-state index contributed by atoms with van der Waals surface area (Å²) in [5.41, 5.74) is 0. The first kappa shape index (κ1) is 19.4. The van der Waals surface area contributed by atoms with Crippen LogP contribution in [0.5, 0.6) is 5.75 Å². The number of benzene rings is 1. The molecule has 2 atom stereocenters. The standard InChI is InChI=1S/C15H20Cl2N2O2.ClH/c1-10(21-13-7-3-6-12(16)14(13)17)15(20)19-8-4-5-11(19)9-18-2;/h3,6-7,10-11,18H,4-5,8-9H2,1-2H3;1H. The molecule has 1 aliphatic rings. The first-order valence-corrected chi connectivity index (χ1v) is 7.86. The monoisotopic (exact) mass is 366 g/mol. The smallest absolute Gasteiger partial charge is 0.263 e. The topological polar surface area (TPSA) is 41.6 Å². The summed E-state index contributed by atoms with van der Waals surface area (Å²) in [5.74, 6) is 0.429. The molecule has 124 valence electrons. The van der Waals surface area contributed by atoms with Gasteiger partial charge in [-0.15, -0.1) is 12.4 Å². The molecule has 0 aromatic heterocycles. The van der Waals surface area contributed by atoms with E-state index in [-0.39, 0.29) is 24.4 Å². The molecule has 1 fully saturated rings. The van der Waals surface area contributed by atoms with Crippen molar-refractivity contribution in [3.05, 3.63) is 28.2 Å². The van der Waals surface area contributed by atoms with E-state index >= 15 is 0 Å². The number of likely N-dealkylation sites (N-methyl/N-ethyl adjacent to an activating group) is 1. The lowest BCUT2D eigenvalue weighted by Crippen LogP contribution is -2.46. The maximum absolute atomic E-state index is 12.5. The van der Waals surface area contributed by atoms with E-state index in [1.807, 2.05) is 11.9 Å². The van der Waals surface area contributed by atoms with Crippen molar-refractivity contribution in [3.63, 3.8) is 0 Å². The van der Waals surface area contributed by atoms with Crippen LogP contribution < -0.4 is 10.1 Å². The molecule has 0 aliphatic carbocycles. The second-order valence-electron chi connectivity index (χ2n) is 5.20. The highest BCUT2D eigenvalue weighted by molar-refractivity contribution is 6.42. The Kier molecular flexibility index (Phi) is 7.77. The highest BCUT2D eigenvalue weighted by Crippen LogP contribution is 2.32. The number of carbonyl (C=O) groups excluding carboxylic acids is 1. The summed E-state index contributed by atoms with van der Waals surface area (Å²) in [6.45, 7) is 3.33. The lowest BCUT2D eigenvalue weighted by atomic mass is 10.2. The van der Waals surface area contributed by atoms with E-state index in [1.165, 1.54) is 0 Å². The van der Waals surface area contributed by atoms with E-state index in [4.69, 9.17) is 27.9 Å². The second kappa shape index (κ2) is 8.82. The molecule has 22 heavy (non-hydrogen) atoms. The minimum absolute atomic E-state index is 0. The van der Waals surface area contributed by atoms with E-state index < -0.39 is 6.10 Å². The summed E-state index contributed by atoms with van der Waals surface area (Å²) >= 11 is 12.0. The van der Waals surface area contributed by atoms with Gasteiger partial charge in [0.15, 0.2) is 6.10 Å². The summed E-state index contributed by atoms with van der Waals surface area (Å²) in [4.78, 5) is 14.4. The SMILES string of the molecule is CNCC1CCCN1C(=O)C(C)Oc1cccc(Cl)c1Cl.Cl. The lowest BCUT2D eigenvalue weighted by molar-refractivity contribution is -0.138. The third-order valence-corrected chi connectivity index (χ3v) is 4.47. The van der Waals surface area contributed by atoms with Gasteiger partial charge in [0.25, 0.3) is 5.91 Å². The van der Waals surface area contributed by atoms with Crippen LogP contribution >= 0.6 is 35.6 Å². The summed E-state index contributed by atoms with van der Waals surface area (Å²) in [7, 11) is 1.90. The van der Waals surface area contributed by atoms with Gasteiger partial charge in [0.1, 0.15) is 10.8 Å². The molecular formula is C15H21Cl3N2O2. The van der Waals surface area contributed by atoms with E-state index in [0.717, 1.165) is 25.9 Å². The maximum atomic E-state index is 12.5. The third kappa shape index (κ3) is 4.42. The average Bonchev–Trinajstić information content (AvgIpc) is 2.91. The summed E-state index contributed by atoms with van der Waals surface area (Å²) in [5, 5.41) is 3.89. The zero-order chi connectivity index (χ0) is 15.4. The molecule has 1 amide bonds. The van der Waals surface area contributed by atoms with Crippen LogP contribution in [0.25, 0.3) is 0 Å². The van der Waals surface area contributed by atoms with Crippen molar-refractivity contribution < 1.29 is 9.53 Å². The Hall–Kier alpha value is -0.680. The number of amides is 1. The average molecular weight is 368 g/mol. The van der Waals surface area contributed by atoms with Crippen molar-refractivity contribution in [1.82, 2.24) is 10.2 Å². The fourth-order valence-electron chi connectivity index (χ4n) is 2.62. The van der Waals surface area contributed by atoms with E-state index in [1.54, 1.807) is 25.1 Å². The van der Waals surface area contributed by atoms with Crippen LogP contribution in [0.15, 0.2) is 18.2 Å². The molecular weight excluding hydrogens is 347 g/mol. The Balaban J connectivity index is 0.00000242. The van der Waals surface area contributed by atoms with Crippen LogP contribution in [-0.2, 0) is 4.79 Å². The first-order chi connectivity index (χ1) is 10.0. The molecule has 0 radical (unpaired) electrons. The molecule has 1 N–H and O–H groups in total. The minimum atomic E-state index is -0.585. The Labute approximate surface area is 147 Å². The molecule has 1 heterocycles. The highest BCUT2D eigenvalue weighted by atomic mass is 35.5. The first-order valence-electron chi connectivity index (χ1n) is 7.10. The van der Waals surface area contributed by atoms with Crippen molar-refractivity contribution in [2.75, 3.05) is 20.1 Å². The number of ether oxygens (including phenoxy) is 1. The largest absolute Gasteiger partial charge is 0.479 e. The predicted molar refractivity (Wildman–Crippen MR) is 92.5 cm³/mol. The van der Waals surface area contributed by atoms with Gasteiger partial charge in [-0.2, -0.15) is 0 Å². The maximum Gasteiger partial charge on any atom is 0.263 e. The van der Waals surface area contributed by atoms with Gasteiger partial charge in [0, 0.05) is 19.1 Å². The van der Waals surface area contributed by atoms with Gasteiger partial charge < -0.3 is 15.0 Å². The quantitative estimate of drug-likeness (QED) is 0.867. The Bertz CT molecular complexity index is 514. The molecule has 1 aromatic rings. The third-order valence-electron chi connectivity index (χ3n) is 3.67. The molecule has 0 bridgehead atoms. The van der Waals surface area contributed by atoms with Gasteiger partial charge in [0.05, 0.1) is 5.02 Å². The van der Waals surface area contributed by atoms with Gasteiger partial charge in [-0.1, -0.05) is 29.3 Å². The summed E-state index contributed by atoms with van der Waals surface area (Å²) in [6, 6.07) is 5.39. The number of carbonyl (C=O) groups is 1. The fourth-order valence-corrected chi connectivity index (χ4v) is 2.96. The summed E-state index contributed by atoms with van der Waals surface area (Å²) in [6.07, 6.45) is 1.47. The molecule has 1 aromatic carbocycles. The van der Waals surface area contributed by atoms with Gasteiger partial charge >= 0.3 is 0 Å². The van der Waals surface area contributed by atoms with E-state index in [0.29, 0.717) is 15.8 Å². The van der Waals surface area contributed by atoms with Crippen molar-refractivity contribution >= 4 is 41.5 Å². The molecule has 7 heteroatoms. The Morgan fingerprint density at radius 2 is 2.23 bits per heavy atom. The second-order valence-corrected chi connectivity index (χ2v) is 5.98. The zero-order valence-corrected chi connectivity index (χ0v) is 15.0. The van der Waals surface area contributed by atoms with Gasteiger partial charge in [-0.3, -0.25) is 4.79 Å². The van der Waals surface area contributed by atoms with Crippen molar-refractivity contribution in [3.8, 4) is 5.75 Å². The van der Waals surface area contributed by atoms with Crippen LogP contribution in [0.3, 0.4) is 0 Å². The van der Waals surface area contributed by atoms with Gasteiger partial charge in [-0.25, -0.2) is 0 Å². The summed E-state index contributed by atoms with van der Waals surface area (Å²) < 4.78 is 5.70. The molecule has 4 nitrogen and oxygen atoms in total. The lowest BCUT2D eigenvalue weighted by Gasteiger charge is -2.27. The zero-order valence-electron chi connectivity index (χ0n) is 12.6. The van der Waals surface area contributed by atoms with Gasteiger partial charge in [-0.05, 0) is 38.9 Å². The normalized spacial score (nSPS) is 18.7. The van der Waals surface area contributed by atoms with Crippen LogP contribution in [0.1, 0.15) is 19.8 Å². The van der Waals surface area contributed by atoms with Crippen LogP contribution in [0.2, 0.25) is 10.0 Å². The van der Waals surface area contributed by atoms with Crippen LogP contribution in [0.4, 0.5) is 0 Å². The number of nitrogens with one attached hydrogen (secondary N) is 1. The Morgan fingerprint density at radius 1 is 1.50 bits per heavy atom. The van der Waals surface area contributed by atoms with Crippen LogP contribution in [0, 0.1) is 0 Å². The molecule has 0 spiro atoms.